The molecule has 1 aliphatic carbocycles. The second-order valence-corrected chi connectivity index (χ2v) is 8.60. The summed E-state index contributed by atoms with van der Waals surface area (Å²) in [6.07, 6.45) is 4.91. The van der Waals surface area contributed by atoms with E-state index >= 15 is 0 Å². The molecule has 0 atom stereocenters. The van der Waals surface area contributed by atoms with E-state index in [1.165, 1.54) is 16.2 Å². The molecule has 0 bridgehead atoms. The lowest BCUT2D eigenvalue weighted by Gasteiger charge is -2.16. The molecule has 146 valence electrons. The molecule has 2 N–H and O–H groups in total. The van der Waals surface area contributed by atoms with Crippen molar-refractivity contribution < 1.29 is 9.59 Å². The average molecular weight is 415 g/mol. The number of likely N-dealkylation sites (N-methyl/N-ethyl adjacent to an activating group) is 1. The first-order valence-corrected chi connectivity index (χ1v) is 11.0. The summed E-state index contributed by atoms with van der Waals surface area (Å²) in [6, 6.07) is 9.82. The first-order valence-electron chi connectivity index (χ1n) is 8.97. The van der Waals surface area contributed by atoms with Gasteiger partial charge in [0.2, 0.25) is 11.8 Å². The highest BCUT2D eigenvalue weighted by molar-refractivity contribution is 7.98. The highest BCUT2D eigenvalue weighted by Gasteiger charge is 2.23. The van der Waals surface area contributed by atoms with Crippen molar-refractivity contribution >= 4 is 45.6 Å². The van der Waals surface area contributed by atoms with Crippen molar-refractivity contribution in [1.82, 2.24) is 4.90 Å². The van der Waals surface area contributed by atoms with Gasteiger partial charge in [-0.25, -0.2) is 0 Å². The SMILES string of the molecule is CSc1ccccc1NC(=O)CN(C)CC(=O)Nc1sc2c(c1C#N)CCC2. The molecule has 0 aliphatic heterocycles. The number of benzene rings is 1. The number of fused-ring (bicyclic) bond motifs is 1. The fraction of sp³-hybridized carbons (Fsp3) is 0.350. The Morgan fingerprint density at radius 3 is 2.64 bits per heavy atom. The third kappa shape index (κ3) is 4.73. The first-order chi connectivity index (χ1) is 13.5. The highest BCUT2D eigenvalue weighted by atomic mass is 32.2. The smallest absolute Gasteiger partial charge is 0.239 e. The zero-order valence-electron chi connectivity index (χ0n) is 15.9. The van der Waals surface area contributed by atoms with Crippen LogP contribution in [0.15, 0.2) is 29.2 Å². The van der Waals surface area contributed by atoms with Gasteiger partial charge in [-0.1, -0.05) is 12.1 Å². The molecule has 0 spiro atoms. The van der Waals surface area contributed by atoms with Crippen molar-refractivity contribution in [3.05, 3.63) is 40.3 Å². The van der Waals surface area contributed by atoms with Gasteiger partial charge in [0.25, 0.3) is 0 Å². The number of nitrogens with one attached hydrogen (secondary N) is 2. The Hall–Kier alpha value is -2.34. The third-order valence-corrected chi connectivity index (χ3v) is 6.50. The van der Waals surface area contributed by atoms with E-state index < -0.39 is 0 Å². The van der Waals surface area contributed by atoms with E-state index in [0.29, 0.717) is 10.6 Å². The Morgan fingerprint density at radius 1 is 1.21 bits per heavy atom. The molecule has 1 aromatic carbocycles. The number of nitrogens with zero attached hydrogens (tertiary/aromatic N) is 2. The number of rotatable bonds is 7. The fourth-order valence-electron chi connectivity index (χ4n) is 3.26. The topological polar surface area (TPSA) is 85.2 Å². The Kier molecular flexibility index (Phi) is 6.73. The van der Waals surface area contributed by atoms with Crippen molar-refractivity contribution in [3.63, 3.8) is 0 Å². The number of hydrogen-bond acceptors (Lipinski definition) is 6. The van der Waals surface area contributed by atoms with Gasteiger partial charge in [-0.2, -0.15) is 5.26 Å². The molecule has 8 heteroatoms. The molecule has 3 rings (SSSR count). The largest absolute Gasteiger partial charge is 0.324 e. The lowest BCUT2D eigenvalue weighted by Crippen LogP contribution is -2.36. The minimum absolute atomic E-state index is 0.0744. The lowest BCUT2D eigenvalue weighted by molar-refractivity contribution is -0.119. The van der Waals surface area contributed by atoms with Crippen LogP contribution in [-0.4, -0.2) is 43.1 Å². The summed E-state index contributed by atoms with van der Waals surface area (Å²) in [5.41, 5.74) is 2.45. The molecule has 0 saturated carbocycles. The minimum atomic E-state index is -0.226. The molecule has 6 nitrogen and oxygen atoms in total. The molecule has 0 saturated heterocycles. The van der Waals surface area contributed by atoms with E-state index in [4.69, 9.17) is 0 Å². The quantitative estimate of drug-likeness (QED) is 0.679. The third-order valence-electron chi connectivity index (χ3n) is 4.49. The van der Waals surface area contributed by atoms with Crippen molar-refractivity contribution in [2.75, 3.05) is 37.0 Å². The van der Waals surface area contributed by atoms with Crippen LogP contribution in [-0.2, 0) is 22.4 Å². The van der Waals surface area contributed by atoms with Crippen LogP contribution in [0.4, 0.5) is 10.7 Å². The second kappa shape index (κ2) is 9.24. The zero-order chi connectivity index (χ0) is 20.1. The Bertz CT molecular complexity index is 933. The van der Waals surface area contributed by atoms with Gasteiger partial charge in [0.05, 0.1) is 24.3 Å². The van der Waals surface area contributed by atoms with Gasteiger partial charge in [0.1, 0.15) is 11.1 Å². The first kappa shape index (κ1) is 20.4. The molecule has 0 radical (unpaired) electrons. The summed E-state index contributed by atoms with van der Waals surface area (Å²) in [5.74, 6) is -0.402. The maximum atomic E-state index is 12.4. The number of hydrogen-bond donors (Lipinski definition) is 2. The molecule has 1 heterocycles. The maximum Gasteiger partial charge on any atom is 0.239 e. The zero-order valence-corrected chi connectivity index (χ0v) is 17.5. The molecule has 0 fully saturated rings. The average Bonchev–Trinajstić information content (AvgIpc) is 3.22. The molecular formula is C20H22N4O2S2. The molecule has 2 amide bonds. The molecule has 2 aromatic rings. The molecule has 28 heavy (non-hydrogen) atoms. The van der Waals surface area contributed by atoms with Crippen LogP contribution < -0.4 is 10.6 Å². The van der Waals surface area contributed by atoms with Gasteiger partial charge in [0.15, 0.2) is 0 Å². The molecule has 1 aromatic heterocycles. The van der Waals surface area contributed by atoms with Crippen LogP contribution >= 0.6 is 23.1 Å². The van der Waals surface area contributed by atoms with Crippen molar-refractivity contribution in [1.29, 1.82) is 5.26 Å². The van der Waals surface area contributed by atoms with E-state index in [-0.39, 0.29) is 24.9 Å². The summed E-state index contributed by atoms with van der Waals surface area (Å²) in [6.45, 7) is 0.174. The van der Waals surface area contributed by atoms with E-state index in [1.807, 2.05) is 30.5 Å². The standard InChI is InChI=1S/C20H22N4O2S2/c1-24(11-18(25)22-15-7-3-4-8-17(15)27-2)12-19(26)23-20-14(10-21)13-6-5-9-16(13)28-20/h3-4,7-8H,5-6,9,11-12H2,1-2H3,(H,22,25)(H,23,26). The van der Waals surface area contributed by atoms with E-state index in [9.17, 15) is 14.9 Å². The summed E-state index contributed by atoms with van der Waals surface area (Å²) in [5, 5.41) is 15.8. The number of thiophene rings is 1. The highest BCUT2D eigenvalue weighted by Crippen LogP contribution is 2.38. The summed E-state index contributed by atoms with van der Waals surface area (Å²) >= 11 is 3.06. The number of thioether (sulfide) groups is 1. The Balaban J connectivity index is 1.53. The van der Waals surface area contributed by atoms with E-state index in [2.05, 4.69) is 16.7 Å². The van der Waals surface area contributed by atoms with E-state index in [1.54, 1.807) is 23.7 Å². The predicted octanol–water partition coefficient (Wildman–Crippen LogP) is 3.34. The van der Waals surface area contributed by atoms with Crippen molar-refractivity contribution in [2.45, 2.75) is 24.2 Å². The molecule has 1 aliphatic rings. The predicted molar refractivity (Wildman–Crippen MR) is 114 cm³/mol. The number of aryl methyl sites for hydroxylation is 1. The van der Waals surface area contributed by atoms with Gasteiger partial charge in [-0.3, -0.25) is 14.5 Å². The Morgan fingerprint density at radius 2 is 1.93 bits per heavy atom. The Labute approximate surface area is 172 Å². The lowest BCUT2D eigenvalue weighted by atomic mass is 10.1. The number of carbonyl (C=O) groups excluding carboxylic acids is 2. The monoisotopic (exact) mass is 414 g/mol. The summed E-state index contributed by atoms with van der Waals surface area (Å²) in [4.78, 5) is 28.5. The van der Waals surface area contributed by atoms with Crippen LogP contribution in [0.1, 0.15) is 22.4 Å². The van der Waals surface area contributed by atoms with Crippen LogP contribution in [0, 0.1) is 11.3 Å². The number of carbonyl (C=O) groups is 2. The summed E-state index contributed by atoms with van der Waals surface area (Å²) in [7, 11) is 1.72. The fourth-order valence-corrected chi connectivity index (χ4v) is 5.07. The van der Waals surface area contributed by atoms with Crippen molar-refractivity contribution in [3.8, 4) is 6.07 Å². The van der Waals surface area contributed by atoms with Crippen molar-refractivity contribution in [2.24, 2.45) is 0 Å². The number of nitriles is 1. The van der Waals surface area contributed by atoms with E-state index in [0.717, 1.165) is 35.4 Å². The van der Waals surface area contributed by atoms with Crippen LogP contribution in [0.25, 0.3) is 0 Å². The minimum Gasteiger partial charge on any atom is -0.324 e. The number of para-hydroxylation sites is 1. The number of amides is 2. The van der Waals surface area contributed by atoms with Crippen LogP contribution in [0.2, 0.25) is 0 Å². The van der Waals surface area contributed by atoms with Crippen LogP contribution in [0.3, 0.4) is 0 Å². The van der Waals surface area contributed by atoms with Crippen LogP contribution in [0.5, 0.6) is 0 Å². The van der Waals surface area contributed by atoms with Gasteiger partial charge < -0.3 is 10.6 Å². The molecular weight excluding hydrogens is 392 g/mol. The second-order valence-electron chi connectivity index (χ2n) is 6.64. The van der Waals surface area contributed by atoms with Gasteiger partial charge in [-0.15, -0.1) is 23.1 Å². The van der Waals surface area contributed by atoms with Gasteiger partial charge in [0, 0.05) is 9.77 Å². The van der Waals surface area contributed by atoms with Gasteiger partial charge >= 0.3 is 0 Å². The molecule has 0 unspecified atom stereocenters. The summed E-state index contributed by atoms with van der Waals surface area (Å²) < 4.78 is 0. The number of anilines is 2. The maximum absolute atomic E-state index is 12.4. The normalized spacial score (nSPS) is 12.5. The van der Waals surface area contributed by atoms with Gasteiger partial charge in [-0.05, 0) is 50.3 Å².